The quantitative estimate of drug-likeness (QED) is 0.730. The number of carbonyl (C=O) groups excluding carboxylic acids is 1. The molecule has 3 aromatic rings. The van der Waals surface area contributed by atoms with Crippen molar-refractivity contribution >= 4 is 27.5 Å². The van der Waals surface area contributed by atoms with Crippen LogP contribution in [0.1, 0.15) is 10.5 Å². The summed E-state index contributed by atoms with van der Waals surface area (Å²) in [6.07, 6.45) is 3.06. The Morgan fingerprint density at radius 1 is 1.27 bits per heavy atom. The first-order chi connectivity index (χ1) is 10.8. The Bertz CT molecular complexity index is 770. The number of para-hydroxylation sites is 1. The molecule has 112 valence electrons. The van der Waals surface area contributed by atoms with Gasteiger partial charge in [0.05, 0.1) is 16.8 Å². The van der Waals surface area contributed by atoms with E-state index in [9.17, 15) is 4.79 Å². The Morgan fingerprint density at radius 2 is 2.09 bits per heavy atom. The van der Waals surface area contributed by atoms with Crippen LogP contribution in [0.3, 0.4) is 0 Å². The summed E-state index contributed by atoms with van der Waals surface area (Å²) in [6, 6.07) is 7.81. The van der Waals surface area contributed by atoms with Crippen molar-refractivity contribution in [2.24, 2.45) is 0 Å². The van der Waals surface area contributed by atoms with E-state index in [1.807, 2.05) is 24.3 Å². The lowest BCUT2D eigenvalue weighted by Gasteiger charge is -2.06. The Morgan fingerprint density at radius 3 is 2.91 bits per heavy atom. The molecule has 0 atom stereocenters. The van der Waals surface area contributed by atoms with Crippen molar-refractivity contribution < 1.29 is 9.53 Å². The second kappa shape index (κ2) is 6.59. The predicted molar refractivity (Wildman–Crippen MR) is 84.9 cm³/mol. The molecule has 0 aliphatic rings. The van der Waals surface area contributed by atoms with E-state index in [0.717, 1.165) is 10.2 Å². The first-order valence-corrected chi connectivity index (χ1v) is 7.55. The van der Waals surface area contributed by atoms with Crippen molar-refractivity contribution in [3.63, 3.8) is 0 Å². The standard InChI is InChI=1S/C15H14N4O2S/c1-21-9-8-18-14(20)12-13(17-7-6-16-12)15-19-10-4-2-3-5-11(10)22-15/h2-7H,8-9H2,1H3,(H,18,20). The van der Waals surface area contributed by atoms with Crippen molar-refractivity contribution in [1.29, 1.82) is 0 Å². The van der Waals surface area contributed by atoms with Gasteiger partial charge in [0.2, 0.25) is 0 Å². The van der Waals surface area contributed by atoms with Gasteiger partial charge in [-0.2, -0.15) is 0 Å². The second-order valence-corrected chi connectivity index (χ2v) is 5.52. The average molecular weight is 314 g/mol. The zero-order valence-electron chi connectivity index (χ0n) is 11.9. The fourth-order valence-electron chi connectivity index (χ4n) is 1.98. The number of nitrogens with one attached hydrogen (secondary N) is 1. The third-order valence-corrected chi connectivity index (χ3v) is 4.04. The summed E-state index contributed by atoms with van der Waals surface area (Å²) < 4.78 is 5.97. The molecule has 1 aromatic carbocycles. The fraction of sp³-hybridized carbons (Fsp3) is 0.200. The molecule has 0 fully saturated rings. The number of ether oxygens (including phenoxy) is 1. The SMILES string of the molecule is COCCNC(=O)c1nccnc1-c1nc2ccccc2s1. The van der Waals surface area contributed by atoms with Gasteiger partial charge >= 0.3 is 0 Å². The minimum atomic E-state index is -0.278. The van der Waals surface area contributed by atoms with E-state index in [4.69, 9.17) is 4.74 Å². The van der Waals surface area contributed by atoms with E-state index >= 15 is 0 Å². The summed E-state index contributed by atoms with van der Waals surface area (Å²) in [4.78, 5) is 25.2. The van der Waals surface area contributed by atoms with E-state index in [-0.39, 0.29) is 11.6 Å². The Balaban J connectivity index is 1.95. The average Bonchev–Trinajstić information content (AvgIpc) is 2.99. The van der Waals surface area contributed by atoms with E-state index in [1.165, 1.54) is 17.5 Å². The number of rotatable bonds is 5. The molecule has 3 rings (SSSR count). The summed E-state index contributed by atoms with van der Waals surface area (Å²) in [5.41, 5.74) is 1.66. The van der Waals surface area contributed by atoms with Crippen molar-refractivity contribution in [1.82, 2.24) is 20.3 Å². The van der Waals surface area contributed by atoms with E-state index < -0.39 is 0 Å². The molecular formula is C15H14N4O2S. The Labute approximate surface area is 131 Å². The van der Waals surface area contributed by atoms with Gasteiger partial charge in [0.25, 0.3) is 5.91 Å². The molecule has 1 N–H and O–H groups in total. The molecule has 2 aromatic heterocycles. The van der Waals surface area contributed by atoms with Crippen LogP contribution >= 0.6 is 11.3 Å². The molecule has 0 bridgehead atoms. The maximum absolute atomic E-state index is 12.2. The van der Waals surface area contributed by atoms with Gasteiger partial charge in [0.1, 0.15) is 10.7 Å². The molecule has 0 aliphatic carbocycles. The fourth-order valence-corrected chi connectivity index (χ4v) is 2.95. The summed E-state index contributed by atoms with van der Waals surface area (Å²) in [6.45, 7) is 0.869. The van der Waals surface area contributed by atoms with Crippen molar-refractivity contribution in [3.8, 4) is 10.7 Å². The predicted octanol–water partition coefficient (Wildman–Crippen LogP) is 2.13. The van der Waals surface area contributed by atoms with Gasteiger partial charge in [-0.05, 0) is 12.1 Å². The van der Waals surface area contributed by atoms with Crippen molar-refractivity contribution in [2.45, 2.75) is 0 Å². The summed E-state index contributed by atoms with van der Waals surface area (Å²) in [5.74, 6) is -0.278. The van der Waals surface area contributed by atoms with E-state index in [0.29, 0.717) is 23.9 Å². The highest BCUT2D eigenvalue weighted by Gasteiger charge is 2.18. The molecule has 7 heteroatoms. The number of aromatic nitrogens is 3. The number of amides is 1. The van der Waals surface area contributed by atoms with Crippen LogP contribution in [0.5, 0.6) is 0 Å². The molecule has 0 saturated carbocycles. The highest BCUT2D eigenvalue weighted by Crippen LogP contribution is 2.29. The van der Waals surface area contributed by atoms with Crippen molar-refractivity contribution in [3.05, 3.63) is 42.4 Å². The molecule has 0 spiro atoms. The minimum Gasteiger partial charge on any atom is -0.383 e. The summed E-state index contributed by atoms with van der Waals surface area (Å²) in [5, 5.41) is 3.44. The van der Waals surface area contributed by atoms with Gasteiger partial charge in [-0.1, -0.05) is 12.1 Å². The minimum absolute atomic E-state index is 0.276. The van der Waals surface area contributed by atoms with Gasteiger partial charge in [-0.15, -0.1) is 11.3 Å². The maximum Gasteiger partial charge on any atom is 0.272 e. The van der Waals surface area contributed by atoms with Gasteiger partial charge in [-0.3, -0.25) is 4.79 Å². The highest BCUT2D eigenvalue weighted by atomic mass is 32.1. The Hall–Kier alpha value is -2.38. The lowest BCUT2D eigenvalue weighted by Crippen LogP contribution is -2.28. The molecule has 0 unspecified atom stereocenters. The molecule has 2 heterocycles. The first-order valence-electron chi connectivity index (χ1n) is 6.73. The zero-order chi connectivity index (χ0) is 15.4. The molecule has 22 heavy (non-hydrogen) atoms. The number of thiazole rings is 1. The van der Waals surface area contributed by atoms with Crippen LogP contribution in [0.15, 0.2) is 36.7 Å². The number of nitrogens with zero attached hydrogens (tertiary/aromatic N) is 3. The van der Waals surface area contributed by atoms with E-state index in [2.05, 4.69) is 20.3 Å². The first kappa shape index (κ1) is 14.6. The van der Waals surface area contributed by atoms with Crippen LogP contribution in [-0.4, -0.2) is 41.1 Å². The number of hydrogen-bond acceptors (Lipinski definition) is 6. The normalized spacial score (nSPS) is 10.8. The van der Waals surface area contributed by atoms with Gasteiger partial charge in [-0.25, -0.2) is 15.0 Å². The number of carbonyl (C=O) groups is 1. The lowest BCUT2D eigenvalue weighted by molar-refractivity contribution is 0.0932. The van der Waals surface area contributed by atoms with Crippen LogP contribution in [0.25, 0.3) is 20.9 Å². The molecule has 0 saturated heterocycles. The summed E-state index contributed by atoms with van der Waals surface area (Å²) >= 11 is 1.49. The number of benzene rings is 1. The van der Waals surface area contributed by atoms with Crippen molar-refractivity contribution in [2.75, 3.05) is 20.3 Å². The van der Waals surface area contributed by atoms with Crippen LogP contribution in [0, 0.1) is 0 Å². The third kappa shape index (κ3) is 2.95. The molecule has 1 amide bonds. The molecular weight excluding hydrogens is 300 g/mol. The largest absolute Gasteiger partial charge is 0.383 e. The topological polar surface area (TPSA) is 77.0 Å². The van der Waals surface area contributed by atoms with Crippen LogP contribution < -0.4 is 5.32 Å². The van der Waals surface area contributed by atoms with Crippen LogP contribution in [-0.2, 0) is 4.74 Å². The number of hydrogen-bond donors (Lipinski definition) is 1. The summed E-state index contributed by atoms with van der Waals surface area (Å²) in [7, 11) is 1.58. The lowest BCUT2D eigenvalue weighted by atomic mass is 10.3. The zero-order valence-corrected chi connectivity index (χ0v) is 12.8. The highest BCUT2D eigenvalue weighted by molar-refractivity contribution is 7.21. The smallest absolute Gasteiger partial charge is 0.272 e. The Kier molecular flexibility index (Phi) is 4.36. The molecule has 0 aliphatic heterocycles. The molecule has 0 radical (unpaired) electrons. The van der Waals surface area contributed by atoms with Gasteiger partial charge < -0.3 is 10.1 Å². The van der Waals surface area contributed by atoms with Gasteiger partial charge in [0, 0.05) is 26.0 Å². The number of methoxy groups -OCH3 is 1. The number of fused-ring (bicyclic) bond motifs is 1. The maximum atomic E-state index is 12.2. The second-order valence-electron chi connectivity index (χ2n) is 4.49. The third-order valence-electron chi connectivity index (χ3n) is 3.00. The van der Waals surface area contributed by atoms with Crippen LogP contribution in [0.2, 0.25) is 0 Å². The monoisotopic (exact) mass is 314 g/mol. The molecule has 6 nitrogen and oxygen atoms in total. The van der Waals surface area contributed by atoms with Gasteiger partial charge in [0.15, 0.2) is 5.69 Å². The van der Waals surface area contributed by atoms with E-state index in [1.54, 1.807) is 13.3 Å². The van der Waals surface area contributed by atoms with Crippen LogP contribution in [0.4, 0.5) is 0 Å².